The predicted octanol–water partition coefficient (Wildman–Crippen LogP) is 5.73. The van der Waals surface area contributed by atoms with Gasteiger partial charge in [0.1, 0.15) is 17.1 Å². The van der Waals surface area contributed by atoms with Crippen LogP contribution in [-0.4, -0.2) is 30.5 Å². The number of sulfonamides is 1. The Labute approximate surface area is 224 Å². The fraction of sp³-hybridized carbons (Fsp3) is 0.370. The Bertz CT molecular complexity index is 1480. The van der Waals surface area contributed by atoms with Crippen molar-refractivity contribution in [3.05, 3.63) is 70.4 Å². The van der Waals surface area contributed by atoms with Crippen LogP contribution >= 0.6 is 0 Å². The van der Waals surface area contributed by atoms with Crippen molar-refractivity contribution in [2.24, 2.45) is 5.92 Å². The van der Waals surface area contributed by atoms with E-state index in [0.29, 0.717) is 11.4 Å². The first-order valence-electron chi connectivity index (χ1n) is 12.4. The minimum absolute atomic E-state index is 0.0180. The first-order chi connectivity index (χ1) is 18.2. The quantitative estimate of drug-likeness (QED) is 0.393. The van der Waals surface area contributed by atoms with Crippen LogP contribution in [-0.2, 0) is 10.0 Å². The second-order valence-corrected chi connectivity index (χ2v) is 11.5. The topological polar surface area (TPSA) is 124 Å². The zero-order valence-corrected chi connectivity index (χ0v) is 22.5. The van der Waals surface area contributed by atoms with Crippen LogP contribution in [0.25, 0.3) is 0 Å². The van der Waals surface area contributed by atoms with Crippen molar-refractivity contribution in [2.75, 3.05) is 5.73 Å². The number of amides is 1. The number of nitrogen functional groups attached to an aromatic ring is 1. The molecule has 8 nitrogen and oxygen atoms in total. The number of benzene rings is 1. The molecule has 1 saturated carbocycles. The molecular formula is C27H29F3N4O4S. The number of carbonyl (C=O) groups excluding carboxylic acids is 1. The average molecular weight is 563 g/mol. The summed E-state index contributed by atoms with van der Waals surface area (Å²) in [5, 5.41) is -0.436. The highest BCUT2D eigenvalue weighted by molar-refractivity contribution is 7.90. The van der Waals surface area contributed by atoms with Crippen LogP contribution in [0.5, 0.6) is 11.6 Å². The van der Waals surface area contributed by atoms with E-state index in [0.717, 1.165) is 16.7 Å². The Hall–Kier alpha value is -3.67. The summed E-state index contributed by atoms with van der Waals surface area (Å²) in [5.74, 6) is -2.35. The molecular weight excluding hydrogens is 533 g/mol. The third-order valence-corrected chi connectivity index (χ3v) is 8.02. The number of carbonyl (C=O) groups is 1. The maximum atomic E-state index is 13.2. The SMILES string of the molecule is Cc1cc(C)c(Oc2nc(C3CCC(C(F)(F)F)CC3)ccc2C(=O)NS(=O)(=O)c2cccc(N)n2)c(C)c1. The summed E-state index contributed by atoms with van der Waals surface area (Å²) in [6.45, 7) is 5.58. The number of anilines is 1. The maximum Gasteiger partial charge on any atom is 0.391 e. The fourth-order valence-corrected chi connectivity index (χ4v) is 5.83. The molecule has 0 spiro atoms. The summed E-state index contributed by atoms with van der Waals surface area (Å²) in [6, 6.07) is 10.7. The van der Waals surface area contributed by atoms with Gasteiger partial charge in [-0.15, -0.1) is 0 Å². The number of nitrogens with two attached hydrogens (primary N) is 1. The van der Waals surface area contributed by atoms with Gasteiger partial charge in [0, 0.05) is 11.6 Å². The van der Waals surface area contributed by atoms with Crippen molar-refractivity contribution in [1.82, 2.24) is 14.7 Å². The number of nitrogens with one attached hydrogen (secondary N) is 1. The van der Waals surface area contributed by atoms with Crippen LogP contribution in [0.2, 0.25) is 0 Å². The second kappa shape index (κ2) is 10.8. The number of ether oxygens (including phenoxy) is 1. The van der Waals surface area contributed by atoms with E-state index >= 15 is 0 Å². The molecule has 39 heavy (non-hydrogen) atoms. The van der Waals surface area contributed by atoms with Gasteiger partial charge in [0.05, 0.1) is 5.92 Å². The lowest BCUT2D eigenvalue weighted by Crippen LogP contribution is -2.32. The molecule has 1 aliphatic rings. The summed E-state index contributed by atoms with van der Waals surface area (Å²) in [7, 11) is -4.37. The number of rotatable bonds is 6. The number of alkyl halides is 3. The van der Waals surface area contributed by atoms with Gasteiger partial charge >= 0.3 is 6.18 Å². The van der Waals surface area contributed by atoms with Gasteiger partial charge in [-0.25, -0.2) is 14.7 Å². The van der Waals surface area contributed by atoms with E-state index in [1.807, 2.05) is 37.6 Å². The van der Waals surface area contributed by atoms with E-state index in [4.69, 9.17) is 10.5 Å². The highest BCUT2D eigenvalue weighted by atomic mass is 32.2. The van der Waals surface area contributed by atoms with Gasteiger partial charge in [0.15, 0.2) is 5.03 Å². The normalized spacial score (nSPS) is 18.0. The summed E-state index contributed by atoms with van der Waals surface area (Å²) in [5.41, 5.74) is 8.45. The van der Waals surface area contributed by atoms with E-state index in [2.05, 4.69) is 9.97 Å². The highest BCUT2D eigenvalue weighted by Gasteiger charge is 2.42. The molecule has 1 amide bonds. The molecule has 0 bridgehead atoms. The number of hydrogen-bond acceptors (Lipinski definition) is 7. The van der Waals surface area contributed by atoms with Crippen LogP contribution in [0.15, 0.2) is 47.5 Å². The first-order valence-corrected chi connectivity index (χ1v) is 13.9. The molecule has 0 saturated heterocycles. The standard InChI is InChI=1S/C27H29F3N4O4S/c1-15-13-16(2)24(17(3)14-15)38-26-20(25(35)34-39(36,37)23-6-4-5-22(31)33-23)11-12-21(32-26)18-7-9-19(10-8-18)27(28,29)30/h4-6,11-14,18-19H,7-10H2,1-3H3,(H2,31,33)(H,34,35). The van der Waals surface area contributed by atoms with Crippen molar-refractivity contribution in [2.45, 2.75) is 63.6 Å². The number of halogens is 3. The van der Waals surface area contributed by atoms with Gasteiger partial charge < -0.3 is 10.5 Å². The lowest BCUT2D eigenvalue weighted by Gasteiger charge is -2.29. The van der Waals surface area contributed by atoms with Crippen LogP contribution in [0.4, 0.5) is 19.0 Å². The monoisotopic (exact) mass is 562 g/mol. The molecule has 208 valence electrons. The van der Waals surface area contributed by atoms with E-state index in [-0.39, 0.29) is 48.9 Å². The van der Waals surface area contributed by atoms with Crippen LogP contribution in [0, 0.1) is 26.7 Å². The zero-order chi connectivity index (χ0) is 28.5. The molecule has 12 heteroatoms. The van der Waals surface area contributed by atoms with E-state index in [1.54, 1.807) is 0 Å². The van der Waals surface area contributed by atoms with Gasteiger partial charge in [-0.1, -0.05) is 23.8 Å². The molecule has 2 heterocycles. The molecule has 0 radical (unpaired) electrons. The van der Waals surface area contributed by atoms with Crippen molar-refractivity contribution in [1.29, 1.82) is 0 Å². The van der Waals surface area contributed by atoms with Crippen LogP contribution in [0.1, 0.15) is 64.3 Å². The second-order valence-electron chi connectivity index (χ2n) is 9.84. The molecule has 0 aliphatic heterocycles. The Morgan fingerprint density at radius 3 is 2.23 bits per heavy atom. The largest absolute Gasteiger partial charge is 0.438 e. The molecule has 1 fully saturated rings. The molecule has 1 aromatic carbocycles. The van der Waals surface area contributed by atoms with E-state index < -0.39 is 33.1 Å². The van der Waals surface area contributed by atoms with Crippen molar-refractivity contribution in [3.8, 4) is 11.6 Å². The number of aromatic nitrogens is 2. The fourth-order valence-electron chi connectivity index (χ4n) is 4.88. The van der Waals surface area contributed by atoms with Crippen molar-refractivity contribution < 1.29 is 31.1 Å². The van der Waals surface area contributed by atoms with Gasteiger partial charge in [0.25, 0.3) is 15.9 Å². The summed E-state index contributed by atoms with van der Waals surface area (Å²) >= 11 is 0. The van der Waals surface area contributed by atoms with E-state index in [9.17, 15) is 26.4 Å². The lowest BCUT2D eigenvalue weighted by molar-refractivity contribution is -0.182. The minimum Gasteiger partial charge on any atom is -0.438 e. The average Bonchev–Trinajstić information content (AvgIpc) is 2.85. The minimum atomic E-state index is -4.37. The van der Waals surface area contributed by atoms with Gasteiger partial charge in [0.2, 0.25) is 5.88 Å². The molecule has 3 N–H and O–H groups in total. The number of nitrogens with zero attached hydrogens (tertiary/aromatic N) is 2. The Morgan fingerprint density at radius 2 is 1.64 bits per heavy atom. The Balaban J connectivity index is 1.68. The smallest absolute Gasteiger partial charge is 0.391 e. The molecule has 1 aliphatic carbocycles. The Kier molecular flexibility index (Phi) is 7.87. The van der Waals surface area contributed by atoms with Crippen LogP contribution in [0.3, 0.4) is 0 Å². The molecule has 0 atom stereocenters. The molecule has 4 rings (SSSR count). The van der Waals surface area contributed by atoms with Gasteiger partial charge in [-0.05, 0) is 81.8 Å². The maximum absolute atomic E-state index is 13.2. The predicted molar refractivity (Wildman–Crippen MR) is 139 cm³/mol. The highest BCUT2D eigenvalue weighted by Crippen LogP contribution is 2.43. The first kappa shape index (κ1) is 28.3. The molecule has 2 aromatic heterocycles. The van der Waals surface area contributed by atoms with Crippen molar-refractivity contribution in [3.63, 3.8) is 0 Å². The molecule has 0 unspecified atom stereocenters. The third kappa shape index (κ3) is 6.49. The summed E-state index contributed by atoms with van der Waals surface area (Å²) < 4.78 is 73.2. The lowest BCUT2D eigenvalue weighted by atomic mass is 9.80. The molecule has 3 aromatic rings. The Morgan fingerprint density at radius 1 is 1.00 bits per heavy atom. The van der Waals surface area contributed by atoms with Gasteiger partial charge in [-0.2, -0.15) is 21.6 Å². The van der Waals surface area contributed by atoms with E-state index in [1.165, 1.54) is 30.3 Å². The van der Waals surface area contributed by atoms with Gasteiger partial charge in [-0.3, -0.25) is 4.79 Å². The summed E-state index contributed by atoms with van der Waals surface area (Å²) in [6.07, 6.45) is -3.72. The number of hydrogen-bond donors (Lipinski definition) is 2. The number of aryl methyl sites for hydroxylation is 3. The third-order valence-electron chi connectivity index (χ3n) is 6.79. The van der Waals surface area contributed by atoms with Crippen molar-refractivity contribution >= 4 is 21.7 Å². The zero-order valence-electron chi connectivity index (χ0n) is 21.7. The number of pyridine rings is 2. The summed E-state index contributed by atoms with van der Waals surface area (Å²) in [4.78, 5) is 21.5. The van der Waals surface area contributed by atoms with Crippen LogP contribution < -0.4 is 15.2 Å².